The van der Waals surface area contributed by atoms with Crippen LogP contribution in [-0.4, -0.2) is 43.5 Å². The number of halogens is 1. The molecule has 0 bridgehead atoms. The minimum absolute atomic E-state index is 0.0988. The normalized spacial score (nSPS) is 14.4. The molecule has 0 radical (unpaired) electrons. The van der Waals surface area contributed by atoms with Crippen LogP contribution in [0.25, 0.3) is 10.8 Å². The predicted molar refractivity (Wildman–Crippen MR) is 108 cm³/mol. The van der Waals surface area contributed by atoms with Gasteiger partial charge in [-0.2, -0.15) is 0 Å². The molecular formula is C22H22FN3O. The lowest BCUT2D eigenvalue weighted by atomic mass is 10.1. The van der Waals surface area contributed by atoms with E-state index in [0.29, 0.717) is 13.1 Å². The van der Waals surface area contributed by atoms with E-state index in [-0.39, 0.29) is 18.3 Å². The maximum atomic E-state index is 13.1. The van der Waals surface area contributed by atoms with E-state index in [0.717, 1.165) is 35.2 Å². The highest BCUT2D eigenvalue weighted by Gasteiger charge is 2.21. The number of nitrogens with zero attached hydrogens (tertiary/aromatic N) is 2. The highest BCUT2D eigenvalue weighted by atomic mass is 19.1. The van der Waals surface area contributed by atoms with Crippen molar-refractivity contribution in [3.8, 4) is 0 Å². The summed E-state index contributed by atoms with van der Waals surface area (Å²) in [6, 6.07) is 20.7. The van der Waals surface area contributed by atoms with Crippen molar-refractivity contribution < 1.29 is 9.18 Å². The summed E-state index contributed by atoms with van der Waals surface area (Å²) in [5.74, 6) is -0.131. The summed E-state index contributed by atoms with van der Waals surface area (Å²) in [7, 11) is 0. The zero-order valence-electron chi connectivity index (χ0n) is 15.1. The Bertz CT molecular complexity index is 928. The Balaban J connectivity index is 1.34. The lowest BCUT2D eigenvalue weighted by Gasteiger charge is -2.36. The third kappa shape index (κ3) is 3.87. The number of nitrogens with one attached hydrogen (secondary N) is 1. The van der Waals surface area contributed by atoms with Crippen molar-refractivity contribution in [2.45, 2.75) is 0 Å². The minimum atomic E-state index is -0.230. The van der Waals surface area contributed by atoms with Crippen LogP contribution in [0.4, 0.5) is 15.8 Å². The fourth-order valence-corrected chi connectivity index (χ4v) is 3.53. The zero-order chi connectivity index (χ0) is 18.6. The molecule has 1 aliphatic heterocycles. The molecule has 0 atom stereocenters. The maximum absolute atomic E-state index is 13.1. The number of carbonyl (C=O) groups is 1. The summed E-state index contributed by atoms with van der Waals surface area (Å²) in [5.41, 5.74) is 1.98. The number of hydrogen-bond acceptors (Lipinski definition) is 3. The number of anilines is 2. The van der Waals surface area contributed by atoms with Gasteiger partial charge in [0, 0.05) is 42.9 Å². The average Bonchev–Trinajstić information content (AvgIpc) is 2.72. The van der Waals surface area contributed by atoms with Crippen molar-refractivity contribution in [3.05, 3.63) is 72.5 Å². The number of hydrogen-bond donors (Lipinski definition) is 1. The average molecular weight is 363 g/mol. The predicted octanol–water partition coefficient (Wildman–Crippen LogP) is 3.74. The Morgan fingerprint density at radius 1 is 0.889 bits per heavy atom. The molecule has 27 heavy (non-hydrogen) atoms. The van der Waals surface area contributed by atoms with E-state index in [1.165, 1.54) is 12.1 Å². The van der Waals surface area contributed by atoms with Crippen molar-refractivity contribution in [3.63, 3.8) is 0 Å². The highest BCUT2D eigenvalue weighted by Crippen LogP contribution is 2.23. The summed E-state index contributed by atoms with van der Waals surface area (Å²) >= 11 is 0. The molecule has 1 aliphatic rings. The fraction of sp³-hybridized carbons (Fsp3) is 0.227. The number of benzene rings is 3. The van der Waals surface area contributed by atoms with Crippen LogP contribution in [0.2, 0.25) is 0 Å². The molecule has 1 amide bonds. The van der Waals surface area contributed by atoms with Gasteiger partial charge in [0.1, 0.15) is 5.82 Å². The largest absolute Gasteiger partial charge is 0.376 e. The van der Waals surface area contributed by atoms with Gasteiger partial charge in [0.15, 0.2) is 0 Å². The summed E-state index contributed by atoms with van der Waals surface area (Å²) in [5, 5.41) is 5.56. The van der Waals surface area contributed by atoms with Crippen LogP contribution in [0.1, 0.15) is 0 Å². The van der Waals surface area contributed by atoms with Gasteiger partial charge in [-0.05, 0) is 35.7 Å². The van der Waals surface area contributed by atoms with Gasteiger partial charge in [-0.3, -0.25) is 4.79 Å². The topological polar surface area (TPSA) is 35.6 Å². The summed E-state index contributed by atoms with van der Waals surface area (Å²) in [6.07, 6.45) is 0. The fourth-order valence-electron chi connectivity index (χ4n) is 3.53. The van der Waals surface area contributed by atoms with Crippen molar-refractivity contribution in [1.29, 1.82) is 0 Å². The summed E-state index contributed by atoms with van der Waals surface area (Å²) in [6.45, 7) is 3.14. The molecule has 0 saturated carbocycles. The Kier molecular flexibility index (Phi) is 4.92. The SMILES string of the molecule is O=C(CNc1cccc2ccccc12)N1CCN(c2ccc(F)cc2)CC1. The quantitative estimate of drug-likeness (QED) is 0.767. The van der Waals surface area contributed by atoms with E-state index < -0.39 is 0 Å². The third-order valence-electron chi connectivity index (χ3n) is 5.04. The Morgan fingerprint density at radius 2 is 1.59 bits per heavy atom. The first-order valence-corrected chi connectivity index (χ1v) is 9.21. The van der Waals surface area contributed by atoms with Gasteiger partial charge >= 0.3 is 0 Å². The van der Waals surface area contributed by atoms with Crippen LogP contribution < -0.4 is 10.2 Å². The molecule has 0 spiro atoms. The molecule has 0 unspecified atom stereocenters. The van der Waals surface area contributed by atoms with Crippen molar-refractivity contribution >= 4 is 28.1 Å². The van der Waals surface area contributed by atoms with Gasteiger partial charge in [0.2, 0.25) is 5.91 Å². The molecule has 3 aromatic carbocycles. The monoisotopic (exact) mass is 363 g/mol. The van der Waals surface area contributed by atoms with E-state index in [4.69, 9.17) is 0 Å². The molecule has 5 heteroatoms. The van der Waals surface area contributed by atoms with E-state index in [1.54, 1.807) is 12.1 Å². The van der Waals surface area contributed by atoms with Crippen LogP contribution >= 0.6 is 0 Å². The Labute approximate surface area is 158 Å². The van der Waals surface area contributed by atoms with Crippen molar-refractivity contribution in [1.82, 2.24) is 4.90 Å². The molecule has 1 fully saturated rings. The van der Waals surface area contributed by atoms with E-state index in [2.05, 4.69) is 28.4 Å². The molecule has 3 aromatic rings. The van der Waals surface area contributed by atoms with Gasteiger partial charge in [-0.15, -0.1) is 0 Å². The summed E-state index contributed by atoms with van der Waals surface area (Å²) < 4.78 is 13.1. The Hall–Kier alpha value is -3.08. The third-order valence-corrected chi connectivity index (χ3v) is 5.04. The Morgan fingerprint density at radius 3 is 2.37 bits per heavy atom. The van der Waals surface area contributed by atoms with Crippen molar-refractivity contribution in [2.24, 2.45) is 0 Å². The smallest absolute Gasteiger partial charge is 0.241 e. The molecule has 4 nitrogen and oxygen atoms in total. The van der Waals surface area contributed by atoms with E-state index in [9.17, 15) is 9.18 Å². The molecule has 1 N–H and O–H groups in total. The van der Waals surface area contributed by atoms with Crippen LogP contribution in [0, 0.1) is 5.82 Å². The maximum Gasteiger partial charge on any atom is 0.241 e. The second-order valence-electron chi connectivity index (χ2n) is 6.72. The van der Waals surface area contributed by atoms with Crippen LogP contribution in [0.5, 0.6) is 0 Å². The van der Waals surface area contributed by atoms with Gasteiger partial charge in [0.25, 0.3) is 0 Å². The van der Waals surface area contributed by atoms with Gasteiger partial charge in [0.05, 0.1) is 6.54 Å². The number of rotatable bonds is 4. The van der Waals surface area contributed by atoms with Crippen molar-refractivity contribution in [2.75, 3.05) is 42.9 Å². The first kappa shape index (κ1) is 17.3. The molecule has 0 aromatic heterocycles. The molecule has 1 heterocycles. The lowest BCUT2D eigenvalue weighted by Crippen LogP contribution is -2.50. The zero-order valence-corrected chi connectivity index (χ0v) is 15.1. The number of fused-ring (bicyclic) bond motifs is 1. The summed E-state index contributed by atoms with van der Waals surface area (Å²) in [4.78, 5) is 16.7. The van der Waals surface area contributed by atoms with Crippen LogP contribution in [0.15, 0.2) is 66.7 Å². The standard InChI is InChI=1S/C22H22FN3O/c23-18-8-10-19(11-9-18)25-12-14-26(15-13-25)22(27)16-24-21-7-3-5-17-4-1-2-6-20(17)21/h1-11,24H,12-16H2. The minimum Gasteiger partial charge on any atom is -0.376 e. The van der Waals surface area contributed by atoms with E-state index >= 15 is 0 Å². The lowest BCUT2D eigenvalue weighted by molar-refractivity contribution is -0.129. The number of amides is 1. The molecule has 4 rings (SSSR count). The highest BCUT2D eigenvalue weighted by molar-refractivity contribution is 5.95. The number of carbonyl (C=O) groups excluding carboxylic acids is 1. The second kappa shape index (κ2) is 7.66. The molecule has 138 valence electrons. The van der Waals surface area contributed by atoms with Crippen LogP contribution in [-0.2, 0) is 4.79 Å². The second-order valence-corrected chi connectivity index (χ2v) is 6.72. The first-order valence-electron chi connectivity index (χ1n) is 9.21. The van der Waals surface area contributed by atoms with Gasteiger partial charge in [-0.1, -0.05) is 36.4 Å². The van der Waals surface area contributed by atoms with Gasteiger partial charge < -0.3 is 15.1 Å². The van der Waals surface area contributed by atoms with Crippen LogP contribution in [0.3, 0.4) is 0 Å². The van der Waals surface area contributed by atoms with Gasteiger partial charge in [-0.25, -0.2) is 4.39 Å². The number of piperazine rings is 1. The molecule has 1 saturated heterocycles. The molecular weight excluding hydrogens is 341 g/mol. The molecule has 0 aliphatic carbocycles. The van der Waals surface area contributed by atoms with E-state index in [1.807, 2.05) is 29.2 Å². The first-order chi connectivity index (χ1) is 13.2.